The zero-order valence-corrected chi connectivity index (χ0v) is 17.1. The first kappa shape index (κ1) is 19.9. The maximum absolute atomic E-state index is 4.92. The van der Waals surface area contributed by atoms with Crippen LogP contribution >= 0.6 is 0 Å². The fraction of sp³-hybridized carbons (Fsp3) is 0.750. The lowest BCUT2D eigenvalue weighted by atomic mass is 9.92. The second-order valence-corrected chi connectivity index (χ2v) is 7.96. The molecule has 1 aromatic heterocycles. The van der Waals surface area contributed by atoms with E-state index in [0.717, 1.165) is 69.6 Å². The summed E-state index contributed by atoms with van der Waals surface area (Å²) in [5.74, 6) is 3.48. The molecule has 7 heteroatoms. The molecule has 2 aliphatic rings. The van der Waals surface area contributed by atoms with Crippen LogP contribution in [-0.4, -0.2) is 84.6 Å². The van der Waals surface area contributed by atoms with Crippen LogP contribution in [0, 0.1) is 11.8 Å². The van der Waals surface area contributed by atoms with Crippen molar-refractivity contribution < 1.29 is 0 Å². The molecule has 0 amide bonds. The normalized spacial score (nSPS) is 24.9. The second kappa shape index (κ2) is 9.88. The summed E-state index contributed by atoms with van der Waals surface area (Å²) >= 11 is 0. The van der Waals surface area contributed by atoms with E-state index in [0.29, 0.717) is 0 Å². The zero-order valence-electron chi connectivity index (χ0n) is 17.1. The van der Waals surface area contributed by atoms with Crippen molar-refractivity contribution in [1.82, 2.24) is 25.1 Å². The topological polar surface area (TPSA) is 59.9 Å². The predicted molar refractivity (Wildman–Crippen MR) is 111 cm³/mol. The van der Waals surface area contributed by atoms with E-state index >= 15 is 0 Å². The summed E-state index contributed by atoms with van der Waals surface area (Å²) in [5, 5.41) is 3.47. The maximum Gasteiger partial charge on any atom is 0.225 e. The van der Waals surface area contributed by atoms with Crippen molar-refractivity contribution in [2.45, 2.75) is 27.2 Å². The number of likely N-dealkylation sites (tertiary alicyclic amines) is 1. The van der Waals surface area contributed by atoms with Gasteiger partial charge in [0.15, 0.2) is 5.96 Å². The van der Waals surface area contributed by atoms with Crippen molar-refractivity contribution in [3.8, 4) is 0 Å². The number of nitrogens with one attached hydrogen (secondary N) is 1. The van der Waals surface area contributed by atoms with Gasteiger partial charge in [0.1, 0.15) is 0 Å². The van der Waals surface area contributed by atoms with Crippen molar-refractivity contribution >= 4 is 11.9 Å². The lowest BCUT2D eigenvalue weighted by Crippen LogP contribution is -2.53. The van der Waals surface area contributed by atoms with Gasteiger partial charge in [0, 0.05) is 64.8 Å². The number of anilines is 1. The molecule has 0 radical (unpaired) electrons. The lowest BCUT2D eigenvalue weighted by molar-refractivity contribution is 0.145. The van der Waals surface area contributed by atoms with Crippen molar-refractivity contribution in [2.24, 2.45) is 16.8 Å². The number of piperazine rings is 1. The minimum Gasteiger partial charge on any atom is -0.357 e. The number of aliphatic imine (C=N–C) groups is 1. The number of aromatic nitrogens is 2. The third-order valence-corrected chi connectivity index (χ3v) is 5.37. The highest BCUT2D eigenvalue weighted by molar-refractivity contribution is 5.80. The minimum absolute atomic E-state index is 0.805. The number of hydrogen-bond acceptors (Lipinski definition) is 5. The fourth-order valence-electron chi connectivity index (χ4n) is 4.27. The molecule has 27 heavy (non-hydrogen) atoms. The van der Waals surface area contributed by atoms with Crippen LogP contribution in [0.15, 0.2) is 23.5 Å². The van der Waals surface area contributed by atoms with E-state index in [1.165, 1.54) is 19.5 Å². The van der Waals surface area contributed by atoms with Gasteiger partial charge in [-0.25, -0.2) is 9.97 Å². The number of rotatable bonds is 5. The average Bonchev–Trinajstić information content (AvgIpc) is 2.67. The van der Waals surface area contributed by atoms with Gasteiger partial charge in [0.2, 0.25) is 5.95 Å². The highest BCUT2D eigenvalue weighted by atomic mass is 15.4. The van der Waals surface area contributed by atoms with E-state index in [2.05, 4.69) is 50.8 Å². The van der Waals surface area contributed by atoms with Crippen molar-refractivity contribution in [1.29, 1.82) is 0 Å². The molecule has 0 aromatic carbocycles. The van der Waals surface area contributed by atoms with Crippen LogP contribution in [0.1, 0.15) is 27.2 Å². The fourth-order valence-corrected chi connectivity index (χ4v) is 4.27. The Morgan fingerprint density at radius 3 is 2.41 bits per heavy atom. The summed E-state index contributed by atoms with van der Waals surface area (Å²) in [7, 11) is 0. The molecule has 2 fully saturated rings. The van der Waals surface area contributed by atoms with Gasteiger partial charge in [-0.15, -0.1) is 0 Å². The quantitative estimate of drug-likeness (QED) is 0.624. The average molecular weight is 374 g/mol. The number of piperidine rings is 1. The molecule has 150 valence electrons. The van der Waals surface area contributed by atoms with Crippen LogP contribution in [0.25, 0.3) is 0 Å². The van der Waals surface area contributed by atoms with Crippen molar-refractivity contribution in [3.05, 3.63) is 18.5 Å². The highest BCUT2D eigenvalue weighted by Crippen LogP contribution is 2.20. The van der Waals surface area contributed by atoms with Gasteiger partial charge in [0.25, 0.3) is 0 Å². The van der Waals surface area contributed by atoms with Gasteiger partial charge in [0.05, 0.1) is 6.54 Å². The maximum atomic E-state index is 4.92. The van der Waals surface area contributed by atoms with Crippen LogP contribution in [-0.2, 0) is 0 Å². The first-order valence-corrected chi connectivity index (χ1v) is 10.4. The molecule has 0 saturated carbocycles. The minimum atomic E-state index is 0.805. The molecule has 3 rings (SSSR count). The molecular weight excluding hydrogens is 338 g/mol. The summed E-state index contributed by atoms with van der Waals surface area (Å²) in [6.45, 7) is 15.9. The van der Waals surface area contributed by atoms with Gasteiger partial charge in [-0.3, -0.25) is 4.99 Å². The van der Waals surface area contributed by atoms with E-state index in [4.69, 9.17) is 4.99 Å². The third-order valence-electron chi connectivity index (χ3n) is 5.37. The van der Waals surface area contributed by atoms with Gasteiger partial charge in [-0.05, 0) is 31.2 Å². The molecule has 2 unspecified atom stereocenters. The van der Waals surface area contributed by atoms with E-state index in [1.807, 2.05) is 18.5 Å². The molecule has 7 nitrogen and oxygen atoms in total. The van der Waals surface area contributed by atoms with E-state index in [9.17, 15) is 0 Å². The Bertz CT molecular complexity index is 573. The molecule has 3 heterocycles. The SMILES string of the molecule is CCNC(=NCCN1CC(C)CC(C)C1)N1CCN(c2ncccn2)CC1. The first-order valence-electron chi connectivity index (χ1n) is 10.4. The Kier molecular flexibility index (Phi) is 7.26. The van der Waals surface area contributed by atoms with E-state index in [-0.39, 0.29) is 0 Å². The Morgan fingerprint density at radius 2 is 1.78 bits per heavy atom. The molecule has 2 saturated heterocycles. The van der Waals surface area contributed by atoms with Crippen LogP contribution in [0.2, 0.25) is 0 Å². The van der Waals surface area contributed by atoms with Crippen LogP contribution in [0.4, 0.5) is 5.95 Å². The van der Waals surface area contributed by atoms with Crippen LogP contribution in [0.5, 0.6) is 0 Å². The smallest absolute Gasteiger partial charge is 0.225 e. The van der Waals surface area contributed by atoms with Gasteiger partial charge < -0.3 is 20.0 Å². The summed E-state index contributed by atoms with van der Waals surface area (Å²) in [5.41, 5.74) is 0. The standard InChI is InChI=1S/C20H35N7/c1-4-21-19(24-8-9-25-15-17(2)14-18(3)16-25)26-10-12-27(13-11-26)20-22-6-5-7-23-20/h5-7,17-18H,4,8-16H2,1-3H3,(H,21,24). The number of guanidine groups is 1. The summed E-state index contributed by atoms with van der Waals surface area (Å²) in [6.07, 6.45) is 4.98. The summed E-state index contributed by atoms with van der Waals surface area (Å²) < 4.78 is 0. The molecule has 1 N–H and O–H groups in total. The Hall–Kier alpha value is -1.89. The van der Waals surface area contributed by atoms with Gasteiger partial charge >= 0.3 is 0 Å². The zero-order chi connectivity index (χ0) is 19.1. The molecule has 2 aliphatic heterocycles. The van der Waals surface area contributed by atoms with Gasteiger partial charge in [-0.2, -0.15) is 0 Å². The Labute approximate surface area is 163 Å². The monoisotopic (exact) mass is 373 g/mol. The van der Waals surface area contributed by atoms with E-state index < -0.39 is 0 Å². The Balaban J connectivity index is 1.50. The van der Waals surface area contributed by atoms with Crippen molar-refractivity contribution in [2.75, 3.05) is 63.8 Å². The van der Waals surface area contributed by atoms with Crippen LogP contribution in [0.3, 0.4) is 0 Å². The third kappa shape index (κ3) is 5.79. The molecule has 0 spiro atoms. The molecule has 2 atom stereocenters. The molecule has 0 bridgehead atoms. The largest absolute Gasteiger partial charge is 0.357 e. The summed E-state index contributed by atoms with van der Waals surface area (Å²) in [6, 6.07) is 1.86. The molecule has 1 aromatic rings. The first-order chi connectivity index (χ1) is 13.2. The lowest BCUT2D eigenvalue weighted by Gasteiger charge is -2.37. The van der Waals surface area contributed by atoms with Gasteiger partial charge in [-0.1, -0.05) is 13.8 Å². The molecule has 0 aliphatic carbocycles. The number of hydrogen-bond donors (Lipinski definition) is 1. The second-order valence-electron chi connectivity index (χ2n) is 7.96. The molecular formula is C20H35N7. The van der Waals surface area contributed by atoms with Crippen LogP contribution < -0.4 is 10.2 Å². The predicted octanol–water partition coefficient (Wildman–Crippen LogP) is 1.54. The van der Waals surface area contributed by atoms with E-state index in [1.54, 1.807) is 0 Å². The van der Waals surface area contributed by atoms with Crippen molar-refractivity contribution in [3.63, 3.8) is 0 Å². The number of nitrogens with zero attached hydrogens (tertiary/aromatic N) is 6. The summed E-state index contributed by atoms with van der Waals surface area (Å²) in [4.78, 5) is 20.8. The Morgan fingerprint density at radius 1 is 1.11 bits per heavy atom. The highest BCUT2D eigenvalue weighted by Gasteiger charge is 2.23.